The maximum atomic E-state index is 12.2. The Balaban J connectivity index is 1.74. The van der Waals surface area contributed by atoms with Crippen molar-refractivity contribution in [2.24, 2.45) is 5.92 Å². The van der Waals surface area contributed by atoms with Crippen molar-refractivity contribution in [1.82, 2.24) is 15.5 Å². The van der Waals surface area contributed by atoms with E-state index in [1.165, 1.54) is 7.11 Å². The van der Waals surface area contributed by atoms with Crippen LogP contribution in [0.3, 0.4) is 0 Å². The third-order valence-corrected chi connectivity index (χ3v) is 4.52. The van der Waals surface area contributed by atoms with Crippen molar-refractivity contribution in [3.05, 3.63) is 35.9 Å². The van der Waals surface area contributed by atoms with E-state index >= 15 is 0 Å². The molecule has 1 heterocycles. The van der Waals surface area contributed by atoms with E-state index in [-0.39, 0.29) is 17.8 Å². The van der Waals surface area contributed by atoms with Crippen molar-refractivity contribution in [2.75, 3.05) is 20.2 Å². The molecule has 0 aliphatic carbocycles. The van der Waals surface area contributed by atoms with Crippen molar-refractivity contribution in [3.63, 3.8) is 0 Å². The van der Waals surface area contributed by atoms with Crippen LogP contribution in [0.5, 0.6) is 0 Å². The Hall–Kier alpha value is -2.41. The molecule has 0 bridgehead atoms. The zero-order valence-electron chi connectivity index (χ0n) is 14.7. The Kier molecular flexibility index (Phi) is 6.94. The standard InChI is InChI=1S/C18H25N3O4/c1-13(21-10-8-15(9-11-21)17(23)25-2)16(22)20-18(24)19-12-14-6-4-3-5-7-14/h3-7,13,15H,8-12H2,1-2H3,(H2,19,20,22,24)/t13-/m0/s1. The number of hydrogen-bond acceptors (Lipinski definition) is 5. The van der Waals surface area contributed by atoms with Crippen LogP contribution in [0, 0.1) is 5.92 Å². The summed E-state index contributed by atoms with van der Waals surface area (Å²) in [6.45, 7) is 3.37. The number of likely N-dealkylation sites (tertiary alicyclic amines) is 1. The van der Waals surface area contributed by atoms with Gasteiger partial charge in [-0.3, -0.25) is 19.8 Å². The van der Waals surface area contributed by atoms with E-state index in [4.69, 9.17) is 4.74 Å². The van der Waals surface area contributed by atoms with E-state index in [2.05, 4.69) is 10.6 Å². The summed E-state index contributed by atoms with van der Waals surface area (Å²) in [6.07, 6.45) is 1.31. The summed E-state index contributed by atoms with van der Waals surface area (Å²) < 4.78 is 4.76. The zero-order chi connectivity index (χ0) is 18.2. The van der Waals surface area contributed by atoms with E-state index in [0.717, 1.165) is 5.56 Å². The number of benzene rings is 1. The van der Waals surface area contributed by atoms with E-state index in [1.54, 1.807) is 6.92 Å². The maximum Gasteiger partial charge on any atom is 0.321 e. The summed E-state index contributed by atoms with van der Waals surface area (Å²) in [4.78, 5) is 37.6. The van der Waals surface area contributed by atoms with Gasteiger partial charge < -0.3 is 10.1 Å². The minimum Gasteiger partial charge on any atom is -0.469 e. The number of amides is 3. The van der Waals surface area contributed by atoms with Crippen LogP contribution in [0.2, 0.25) is 0 Å². The molecule has 1 fully saturated rings. The number of imide groups is 1. The lowest BCUT2D eigenvalue weighted by Gasteiger charge is -2.34. The second-order valence-corrected chi connectivity index (χ2v) is 6.17. The summed E-state index contributed by atoms with van der Waals surface area (Å²) in [5.74, 6) is -0.648. The van der Waals surface area contributed by atoms with Gasteiger partial charge in [-0.15, -0.1) is 0 Å². The molecule has 25 heavy (non-hydrogen) atoms. The monoisotopic (exact) mass is 347 g/mol. The predicted molar refractivity (Wildman–Crippen MR) is 92.6 cm³/mol. The zero-order valence-corrected chi connectivity index (χ0v) is 14.7. The van der Waals surface area contributed by atoms with Gasteiger partial charge in [0.15, 0.2) is 0 Å². The van der Waals surface area contributed by atoms with Gasteiger partial charge in [0, 0.05) is 6.54 Å². The topological polar surface area (TPSA) is 87.7 Å². The molecule has 0 spiro atoms. The lowest BCUT2D eigenvalue weighted by Crippen LogP contribution is -2.51. The Morgan fingerprint density at radius 1 is 1.20 bits per heavy atom. The molecule has 1 aromatic rings. The highest BCUT2D eigenvalue weighted by Crippen LogP contribution is 2.20. The number of carbonyl (C=O) groups excluding carboxylic acids is 3. The third-order valence-electron chi connectivity index (χ3n) is 4.52. The summed E-state index contributed by atoms with van der Waals surface area (Å²) in [6, 6.07) is 8.54. The van der Waals surface area contributed by atoms with Crippen LogP contribution in [0.25, 0.3) is 0 Å². The van der Waals surface area contributed by atoms with Gasteiger partial charge >= 0.3 is 12.0 Å². The van der Waals surface area contributed by atoms with Gasteiger partial charge in [-0.2, -0.15) is 0 Å². The molecule has 1 saturated heterocycles. The number of carbonyl (C=O) groups is 3. The van der Waals surface area contributed by atoms with Crippen LogP contribution in [0.15, 0.2) is 30.3 Å². The first-order chi connectivity index (χ1) is 12.0. The number of ether oxygens (including phenoxy) is 1. The number of nitrogens with zero attached hydrogens (tertiary/aromatic N) is 1. The fourth-order valence-corrected chi connectivity index (χ4v) is 2.89. The van der Waals surface area contributed by atoms with Crippen molar-refractivity contribution in [2.45, 2.75) is 32.4 Å². The van der Waals surface area contributed by atoms with E-state index in [0.29, 0.717) is 32.5 Å². The van der Waals surface area contributed by atoms with Crippen LogP contribution in [0.4, 0.5) is 4.79 Å². The molecule has 2 N–H and O–H groups in total. The van der Waals surface area contributed by atoms with Gasteiger partial charge in [-0.25, -0.2) is 4.79 Å². The van der Waals surface area contributed by atoms with Crippen molar-refractivity contribution < 1.29 is 19.1 Å². The molecular formula is C18H25N3O4. The number of rotatable bonds is 5. The highest BCUT2D eigenvalue weighted by atomic mass is 16.5. The van der Waals surface area contributed by atoms with Gasteiger partial charge in [0.1, 0.15) is 0 Å². The SMILES string of the molecule is COC(=O)C1CCN([C@@H](C)C(=O)NC(=O)NCc2ccccc2)CC1. The fourth-order valence-electron chi connectivity index (χ4n) is 2.89. The number of hydrogen-bond donors (Lipinski definition) is 2. The number of methoxy groups -OCH3 is 1. The van der Waals surface area contributed by atoms with Gasteiger partial charge in [0.05, 0.1) is 19.1 Å². The van der Waals surface area contributed by atoms with Crippen molar-refractivity contribution in [1.29, 1.82) is 0 Å². The summed E-state index contributed by atoms with van der Waals surface area (Å²) >= 11 is 0. The first kappa shape index (κ1) is 18.9. The minimum atomic E-state index is -0.509. The number of urea groups is 1. The average Bonchev–Trinajstić information content (AvgIpc) is 2.66. The fraction of sp³-hybridized carbons (Fsp3) is 0.500. The van der Waals surface area contributed by atoms with Crippen molar-refractivity contribution >= 4 is 17.9 Å². The first-order valence-electron chi connectivity index (χ1n) is 8.45. The van der Waals surface area contributed by atoms with Gasteiger partial charge in [0.2, 0.25) is 5.91 Å². The molecule has 3 amide bonds. The molecule has 0 radical (unpaired) electrons. The van der Waals surface area contributed by atoms with Crippen LogP contribution in [0.1, 0.15) is 25.3 Å². The van der Waals surface area contributed by atoms with E-state index in [9.17, 15) is 14.4 Å². The summed E-state index contributed by atoms with van der Waals surface area (Å²) in [7, 11) is 1.39. The molecule has 0 saturated carbocycles. The van der Waals surface area contributed by atoms with Crippen LogP contribution >= 0.6 is 0 Å². The maximum absolute atomic E-state index is 12.2. The number of esters is 1. The molecule has 136 valence electrons. The molecule has 7 nitrogen and oxygen atoms in total. The summed E-state index contributed by atoms with van der Waals surface area (Å²) in [5, 5.41) is 5.04. The van der Waals surface area contributed by atoms with Gasteiger partial charge in [-0.05, 0) is 38.4 Å². The lowest BCUT2D eigenvalue weighted by molar-refractivity contribution is -0.147. The Morgan fingerprint density at radius 2 is 1.84 bits per heavy atom. The van der Waals surface area contributed by atoms with E-state index in [1.807, 2.05) is 35.2 Å². The Morgan fingerprint density at radius 3 is 2.44 bits per heavy atom. The molecule has 1 aromatic carbocycles. The van der Waals surface area contributed by atoms with Crippen LogP contribution in [-0.2, 0) is 20.9 Å². The average molecular weight is 347 g/mol. The Labute approximate surface area is 147 Å². The normalized spacial score (nSPS) is 16.7. The Bertz CT molecular complexity index is 598. The highest BCUT2D eigenvalue weighted by Gasteiger charge is 2.30. The second-order valence-electron chi connectivity index (χ2n) is 6.17. The largest absolute Gasteiger partial charge is 0.469 e. The molecule has 1 atom stereocenters. The molecular weight excluding hydrogens is 322 g/mol. The van der Waals surface area contributed by atoms with Gasteiger partial charge in [-0.1, -0.05) is 30.3 Å². The third kappa shape index (κ3) is 5.56. The van der Waals surface area contributed by atoms with E-state index < -0.39 is 12.1 Å². The minimum absolute atomic E-state index is 0.106. The molecule has 2 rings (SSSR count). The first-order valence-corrected chi connectivity index (χ1v) is 8.45. The molecule has 0 aromatic heterocycles. The highest BCUT2D eigenvalue weighted by molar-refractivity contribution is 5.96. The van der Waals surface area contributed by atoms with Crippen LogP contribution < -0.4 is 10.6 Å². The quantitative estimate of drug-likeness (QED) is 0.784. The molecule has 1 aliphatic rings. The smallest absolute Gasteiger partial charge is 0.321 e. The van der Waals surface area contributed by atoms with Gasteiger partial charge in [0.25, 0.3) is 0 Å². The molecule has 0 unspecified atom stereocenters. The second kappa shape index (κ2) is 9.17. The molecule has 1 aliphatic heterocycles. The van der Waals surface area contributed by atoms with Crippen molar-refractivity contribution in [3.8, 4) is 0 Å². The lowest BCUT2D eigenvalue weighted by atomic mass is 9.96. The van der Waals surface area contributed by atoms with Crippen LogP contribution in [-0.4, -0.2) is 49.0 Å². The number of nitrogens with one attached hydrogen (secondary N) is 2. The number of piperidine rings is 1. The molecule has 7 heteroatoms. The predicted octanol–water partition coefficient (Wildman–Crippen LogP) is 1.29. The summed E-state index contributed by atoms with van der Waals surface area (Å²) in [5.41, 5.74) is 0.961.